The van der Waals surface area contributed by atoms with Crippen molar-refractivity contribution in [2.24, 2.45) is 5.10 Å². The first kappa shape index (κ1) is 27.9. The van der Waals surface area contributed by atoms with Crippen LogP contribution in [0, 0.1) is 13.8 Å². The zero-order valence-corrected chi connectivity index (χ0v) is 22.3. The van der Waals surface area contributed by atoms with E-state index in [1.165, 1.54) is 30.6 Å². The van der Waals surface area contributed by atoms with E-state index in [4.69, 9.17) is 9.47 Å². The molecule has 2 amide bonds. The first-order chi connectivity index (χ1) is 18.5. The fraction of sp³-hybridized carbons (Fsp3) is 0.308. The number of methoxy groups -OCH3 is 1. The maximum absolute atomic E-state index is 12.7. The van der Waals surface area contributed by atoms with Gasteiger partial charge in [0.2, 0.25) is 0 Å². The number of carbonyl (C=O) groups is 2. The van der Waals surface area contributed by atoms with Crippen molar-refractivity contribution >= 4 is 34.7 Å². The Labute approximate surface area is 226 Å². The van der Waals surface area contributed by atoms with Gasteiger partial charge in [0.05, 0.1) is 24.4 Å². The van der Waals surface area contributed by atoms with Crippen LogP contribution >= 0.6 is 11.3 Å². The molecule has 0 radical (unpaired) electrons. The fourth-order valence-corrected chi connectivity index (χ4v) is 4.74. The number of benzene rings is 2. The lowest BCUT2D eigenvalue weighted by Crippen LogP contribution is -2.41. The van der Waals surface area contributed by atoms with Crippen LogP contribution in [0.4, 0.5) is 23.7 Å². The molecule has 1 N–H and O–H groups in total. The van der Waals surface area contributed by atoms with Gasteiger partial charge in [-0.15, -0.1) is 24.5 Å². The number of carbonyl (C=O) groups excluding carboxylic acids is 2. The van der Waals surface area contributed by atoms with Gasteiger partial charge < -0.3 is 19.5 Å². The standard InChI is InChI=1S/C26H25F3N4O5S/c1-5-19-22(17-8-11-20(21(12-17)36-4)38-26(27,28)29)32-33(25(35)37-19)13-16-6-9-18(10-7-16)31-24(34)23-14(2)30-15(3)39-23/h6-12,19H,5,13H2,1-4H3,(H,31,34). The molecular formula is C26H25F3N4O5S. The van der Waals surface area contributed by atoms with Gasteiger partial charge >= 0.3 is 12.5 Å². The molecular weight excluding hydrogens is 537 g/mol. The van der Waals surface area contributed by atoms with Crippen LogP contribution in [0.2, 0.25) is 0 Å². The van der Waals surface area contributed by atoms with Crippen molar-refractivity contribution in [2.75, 3.05) is 12.4 Å². The summed E-state index contributed by atoms with van der Waals surface area (Å²) < 4.78 is 52.8. The quantitative estimate of drug-likeness (QED) is 0.358. The predicted molar refractivity (Wildman–Crippen MR) is 138 cm³/mol. The Hall–Kier alpha value is -4.13. The number of hydrogen-bond donors (Lipinski definition) is 1. The van der Waals surface area contributed by atoms with Crippen LogP contribution < -0.4 is 14.8 Å². The largest absolute Gasteiger partial charge is 0.573 e. The lowest BCUT2D eigenvalue weighted by atomic mass is 10.0. The number of amides is 2. The molecule has 0 saturated carbocycles. The van der Waals surface area contributed by atoms with Gasteiger partial charge in [-0.2, -0.15) is 10.1 Å². The van der Waals surface area contributed by atoms with Crippen molar-refractivity contribution in [1.29, 1.82) is 0 Å². The number of cyclic esters (lactones) is 1. The van der Waals surface area contributed by atoms with Crippen molar-refractivity contribution in [1.82, 2.24) is 9.99 Å². The molecule has 1 unspecified atom stereocenters. The van der Waals surface area contributed by atoms with Crippen LogP contribution in [0.5, 0.6) is 11.5 Å². The van der Waals surface area contributed by atoms with E-state index in [1.807, 2.05) is 6.92 Å². The highest BCUT2D eigenvalue weighted by molar-refractivity contribution is 7.13. The molecule has 0 aliphatic carbocycles. The molecule has 9 nitrogen and oxygen atoms in total. The minimum absolute atomic E-state index is 0.0620. The summed E-state index contributed by atoms with van der Waals surface area (Å²) in [6.07, 6.45) is -5.85. The Bertz CT molecular complexity index is 1410. The third kappa shape index (κ3) is 6.66. The van der Waals surface area contributed by atoms with Crippen LogP contribution in [-0.2, 0) is 11.3 Å². The summed E-state index contributed by atoms with van der Waals surface area (Å²) in [7, 11) is 1.22. The average molecular weight is 563 g/mol. The second-order valence-electron chi connectivity index (χ2n) is 8.54. The number of nitrogens with one attached hydrogen (secondary N) is 1. The van der Waals surface area contributed by atoms with E-state index in [0.29, 0.717) is 39.5 Å². The summed E-state index contributed by atoms with van der Waals surface area (Å²) >= 11 is 1.31. The summed E-state index contributed by atoms with van der Waals surface area (Å²) in [5.74, 6) is -0.903. The number of rotatable bonds is 8. The Morgan fingerprint density at radius 3 is 2.46 bits per heavy atom. The minimum atomic E-state index is -4.88. The van der Waals surface area contributed by atoms with E-state index in [0.717, 1.165) is 16.1 Å². The van der Waals surface area contributed by atoms with Gasteiger partial charge in [0.15, 0.2) is 11.5 Å². The fourth-order valence-electron chi connectivity index (χ4n) is 3.93. The number of halogens is 3. The maximum atomic E-state index is 12.7. The molecule has 4 rings (SSSR count). The molecule has 1 aliphatic heterocycles. The monoisotopic (exact) mass is 562 g/mol. The molecule has 1 atom stereocenters. The van der Waals surface area contributed by atoms with Crippen LogP contribution in [0.3, 0.4) is 0 Å². The van der Waals surface area contributed by atoms with Gasteiger partial charge in [-0.25, -0.2) is 9.78 Å². The van der Waals surface area contributed by atoms with Gasteiger partial charge in [-0.05, 0) is 56.2 Å². The Balaban J connectivity index is 1.53. The van der Waals surface area contributed by atoms with Gasteiger partial charge in [-0.3, -0.25) is 4.79 Å². The van der Waals surface area contributed by atoms with E-state index in [1.54, 1.807) is 38.1 Å². The van der Waals surface area contributed by atoms with Gasteiger partial charge in [0.1, 0.15) is 16.7 Å². The normalized spacial score (nSPS) is 15.5. The Morgan fingerprint density at radius 1 is 1.15 bits per heavy atom. The third-order valence-corrected chi connectivity index (χ3v) is 6.77. The zero-order chi connectivity index (χ0) is 28.3. The second-order valence-corrected chi connectivity index (χ2v) is 9.74. The number of alkyl halides is 3. The highest BCUT2D eigenvalue weighted by Gasteiger charge is 2.34. The molecule has 1 aromatic heterocycles. The number of aryl methyl sites for hydroxylation is 2. The number of nitrogens with zero attached hydrogens (tertiary/aromatic N) is 3. The molecule has 39 heavy (non-hydrogen) atoms. The van der Waals surface area contributed by atoms with Crippen molar-refractivity contribution in [3.05, 3.63) is 69.2 Å². The highest BCUT2D eigenvalue weighted by Crippen LogP contribution is 2.34. The lowest BCUT2D eigenvalue weighted by molar-refractivity contribution is -0.275. The smallest absolute Gasteiger partial charge is 0.493 e. The Morgan fingerprint density at radius 2 is 1.87 bits per heavy atom. The van der Waals surface area contributed by atoms with Crippen LogP contribution in [0.25, 0.3) is 0 Å². The molecule has 0 bridgehead atoms. The summed E-state index contributed by atoms with van der Waals surface area (Å²) in [6.45, 7) is 5.47. The van der Waals surface area contributed by atoms with Crippen molar-refractivity contribution in [2.45, 2.75) is 46.2 Å². The molecule has 0 spiro atoms. The lowest BCUT2D eigenvalue weighted by Gasteiger charge is -2.29. The topological polar surface area (TPSA) is 102 Å². The van der Waals surface area contributed by atoms with Crippen molar-refractivity contribution in [3.8, 4) is 11.5 Å². The Kier molecular flexibility index (Phi) is 8.09. The number of aromatic nitrogens is 1. The van der Waals surface area contributed by atoms with E-state index < -0.39 is 24.3 Å². The van der Waals surface area contributed by atoms with Crippen LogP contribution in [0.1, 0.15) is 44.8 Å². The predicted octanol–water partition coefficient (Wildman–Crippen LogP) is 6.05. The first-order valence-electron chi connectivity index (χ1n) is 11.8. The molecule has 0 saturated heterocycles. The SMILES string of the molecule is CCC1OC(=O)N(Cc2ccc(NC(=O)c3sc(C)nc3C)cc2)N=C1c1ccc(OC(F)(F)F)c(OC)c1. The van der Waals surface area contributed by atoms with E-state index in [-0.39, 0.29) is 18.2 Å². The summed E-state index contributed by atoms with van der Waals surface area (Å²) in [4.78, 5) is 30.0. The van der Waals surface area contributed by atoms with Gasteiger partial charge in [-0.1, -0.05) is 19.1 Å². The molecule has 3 aromatic rings. The van der Waals surface area contributed by atoms with E-state index >= 15 is 0 Å². The van der Waals surface area contributed by atoms with Crippen molar-refractivity contribution in [3.63, 3.8) is 0 Å². The second kappa shape index (κ2) is 11.3. The molecule has 206 valence electrons. The summed E-state index contributed by atoms with van der Waals surface area (Å²) in [5.41, 5.74) is 2.71. The summed E-state index contributed by atoms with van der Waals surface area (Å²) in [5, 5.41) is 9.23. The van der Waals surface area contributed by atoms with Crippen LogP contribution in [0.15, 0.2) is 47.6 Å². The zero-order valence-electron chi connectivity index (χ0n) is 21.5. The molecule has 2 aromatic carbocycles. The third-order valence-electron chi connectivity index (χ3n) is 5.70. The van der Waals surface area contributed by atoms with Gasteiger partial charge in [0, 0.05) is 11.3 Å². The highest BCUT2D eigenvalue weighted by atomic mass is 32.1. The van der Waals surface area contributed by atoms with Gasteiger partial charge in [0.25, 0.3) is 5.91 Å². The van der Waals surface area contributed by atoms with Crippen molar-refractivity contribution < 1.29 is 37.0 Å². The van der Waals surface area contributed by atoms with Crippen LogP contribution in [-0.4, -0.2) is 47.3 Å². The maximum Gasteiger partial charge on any atom is 0.573 e. The first-order valence-corrected chi connectivity index (χ1v) is 12.6. The number of hydrazone groups is 1. The molecule has 13 heteroatoms. The summed E-state index contributed by atoms with van der Waals surface area (Å²) in [6, 6.07) is 10.8. The molecule has 2 heterocycles. The van der Waals surface area contributed by atoms with E-state index in [9.17, 15) is 22.8 Å². The number of thiazole rings is 1. The molecule has 0 fully saturated rings. The van der Waals surface area contributed by atoms with E-state index in [2.05, 4.69) is 20.1 Å². The minimum Gasteiger partial charge on any atom is -0.493 e. The molecule has 1 aliphatic rings. The number of ether oxygens (including phenoxy) is 3. The number of hydrogen-bond acceptors (Lipinski definition) is 8. The average Bonchev–Trinajstić information content (AvgIpc) is 3.23. The number of anilines is 1.